The molecule has 108 valence electrons. The number of hydrogen-bond acceptors (Lipinski definition) is 5. The fourth-order valence-corrected chi connectivity index (χ4v) is 2.25. The third-order valence-electron chi connectivity index (χ3n) is 3.39. The predicted octanol–water partition coefficient (Wildman–Crippen LogP) is 2.34. The number of nitrogens with zero attached hydrogens (tertiary/aromatic N) is 4. The van der Waals surface area contributed by atoms with E-state index in [4.69, 9.17) is 0 Å². The number of fused-ring (bicyclic) bond motifs is 1. The molecule has 0 amide bonds. The highest BCUT2D eigenvalue weighted by atomic mass is 15.2. The third kappa shape index (κ3) is 2.65. The van der Waals surface area contributed by atoms with E-state index in [1.54, 1.807) is 13.4 Å². The molecule has 3 rings (SSSR count). The average molecular weight is 282 g/mol. The van der Waals surface area contributed by atoms with Gasteiger partial charge in [-0.1, -0.05) is 29.8 Å². The van der Waals surface area contributed by atoms with E-state index in [0.29, 0.717) is 11.6 Å². The molecule has 0 aliphatic carbocycles. The van der Waals surface area contributed by atoms with Crippen LogP contribution < -0.4 is 10.2 Å². The summed E-state index contributed by atoms with van der Waals surface area (Å²) in [6, 6.07) is 8.51. The molecule has 2 heterocycles. The standard InChI is InChI=1S/C15H18N6/c1-10-4-6-11(7-5-10)8-21(3)14-12-13(18-9-17-12)19-15(16-2)20-14/h4-7,9H,8H2,1-3H3,(H2,16,17,18,19,20). The van der Waals surface area contributed by atoms with Gasteiger partial charge in [-0.05, 0) is 12.5 Å². The predicted molar refractivity (Wildman–Crippen MR) is 84.5 cm³/mol. The third-order valence-corrected chi connectivity index (χ3v) is 3.39. The number of rotatable bonds is 4. The first kappa shape index (κ1) is 13.4. The highest BCUT2D eigenvalue weighted by molar-refractivity contribution is 5.84. The van der Waals surface area contributed by atoms with Crippen LogP contribution in [0.4, 0.5) is 11.8 Å². The molecule has 0 bridgehead atoms. The summed E-state index contributed by atoms with van der Waals surface area (Å²) in [4.78, 5) is 18.3. The Morgan fingerprint density at radius 3 is 2.67 bits per heavy atom. The van der Waals surface area contributed by atoms with Gasteiger partial charge in [0.2, 0.25) is 5.95 Å². The molecule has 1 aromatic carbocycles. The molecule has 6 heteroatoms. The number of aryl methyl sites for hydroxylation is 1. The first-order valence-electron chi connectivity index (χ1n) is 6.83. The summed E-state index contributed by atoms with van der Waals surface area (Å²) in [6.45, 7) is 2.86. The molecule has 3 aromatic rings. The lowest BCUT2D eigenvalue weighted by atomic mass is 10.1. The lowest BCUT2D eigenvalue weighted by molar-refractivity contribution is 0.898. The Kier molecular flexibility index (Phi) is 3.43. The Hall–Kier alpha value is -2.63. The summed E-state index contributed by atoms with van der Waals surface area (Å²) in [5, 5.41) is 2.97. The summed E-state index contributed by atoms with van der Waals surface area (Å²) < 4.78 is 0. The maximum absolute atomic E-state index is 4.54. The van der Waals surface area contributed by atoms with Crippen molar-refractivity contribution in [2.24, 2.45) is 0 Å². The van der Waals surface area contributed by atoms with Crippen molar-refractivity contribution in [2.75, 3.05) is 24.3 Å². The molecule has 0 aliphatic rings. The van der Waals surface area contributed by atoms with Crippen LogP contribution in [0.15, 0.2) is 30.6 Å². The van der Waals surface area contributed by atoms with E-state index < -0.39 is 0 Å². The van der Waals surface area contributed by atoms with Crippen molar-refractivity contribution in [3.63, 3.8) is 0 Å². The van der Waals surface area contributed by atoms with Crippen LogP contribution in [0, 0.1) is 6.92 Å². The van der Waals surface area contributed by atoms with Gasteiger partial charge in [-0.25, -0.2) is 4.98 Å². The minimum absolute atomic E-state index is 0.570. The average Bonchev–Trinajstić information content (AvgIpc) is 2.96. The summed E-state index contributed by atoms with van der Waals surface area (Å²) in [7, 11) is 3.82. The fourth-order valence-electron chi connectivity index (χ4n) is 2.25. The second kappa shape index (κ2) is 5.40. The topological polar surface area (TPSA) is 69.7 Å². The minimum atomic E-state index is 0.570. The Morgan fingerprint density at radius 2 is 1.95 bits per heavy atom. The molecule has 0 aliphatic heterocycles. The van der Waals surface area contributed by atoms with Crippen molar-refractivity contribution in [3.05, 3.63) is 41.7 Å². The molecule has 0 fully saturated rings. The minimum Gasteiger partial charge on any atom is -0.357 e. The molecule has 0 atom stereocenters. The van der Waals surface area contributed by atoms with Gasteiger partial charge in [0.05, 0.1) is 6.33 Å². The number of nitrogens with one attached hydrogen (secondary N) is 2. The van der Waals surface area contributed by atoms with Gasteiger partial charge in [-0.15, -0.1) is 0 Å². The van der Waals surface area contributed by atoms with Crippen molar-refractivity contribution in [1.82, 2.24) is 19.9 Å². The summed E-state index contributed by atoms with van der Waals surface area (Å²) in [5.41, 5.74) is 4.01. The first-order valence-corrected chi connectivity index (χ1v) is 6.83. The zero-order valence-corrected chi connectivity index (χ0v) is 12.4. The van der Waals surface area contributed by atoms with Gasteiger partial charge in [0.15, 0.2) is 11.5 Å². The second-order valence-corrected chi connectivity index (χ2v) is 5.06. The van der Waals surface area contributed by atoms with Gasteiger partial charge < -0.3 is 15.2 Å². The number of benzene rings is 1. The van der Waals surface area contributed by atoms with Crippen molar-refractivity contribution in [3.8, 4) is 0 Å². The molecule has 0 saturated carbocycles. The summed E-state index contributed by atoms with van der Waals surface area (Å²) in [6.07, 6.45) is 1.64. The lowest BCUT2D eigenvalue weighted by Crippen LogP contribution is -2.19. The van der Waals surface area contributed by atoms with Gasteiger partial charge in [0.1, 0.15) is 5.52 Å². The van der Waals surface area contributed by atoms with Crippen LogP contribution in [-0.4, -0.2) is 34.0 Å². The SMILES string of the molecule is CNc1nc(N(C)Cc2ccc(C)cc2)c2[nH]cnc2n1. The lowest BCUT2D eigenvalue weighted by Gasteiger charge is -2.19. The number of H-pyrrole nitrogens is 1. The van der Waals surface area contributed by atoms with E-state index in [1.807, 2.05) is 7.05 Å². The maximum Gasteiger partial charge on any atom is 0.226 e. The number of aromatic nitrogens is 4. The number of anilines is 2. The second-order valence-electron chi connectivity index (χ2n) is 5.06. The van der Waals surface area contributed by atoms with Crippen molar-refractivity contribution < 1.29 is 0 Å². The molecular formula is C15H18N6. The van der Waals surface area contributed by atoms with E-state index >= 15 is 0 Å². The van der Waals surface area contributed by atoms with Crippen LogP contribution >= 0.6 is 0 Å². The molecule has 0 unspecified atom stereocenters. The number of hydrogen-bond donors (Lipinski definition) is 2. The zero-order valence-electron chi connectivity index (χ0n) is 12.4. The molecule has 2 N–H and O–H groups in total. The van der Waals surface area contributed by atoms with Crippen LogP contribution in [0.25, 0.3) is 11.2 Å². The fraction of sp³-hybridized carbons (Fsp3) is 0.267. The first-order chi connectivity index (χ1) is 10.2. The van der Waals surface area contributed by atoms with Gasteiger partial charge in [0, 0.05) is 20.6 Å². The van der Waals surface area contributed by atoms with Crippen LogP contribution in [0.3, 0.4) is 0 Å². The summed E-state index contributed by atoms with van der Waals surface area (Å²) >= 11 is 0. The normalized spacial score (nSPS) is 10.8. The van der Waals surface area contributed by atoms with E-state index in [0.717, 1.165) is 17.9 Å². The molecule has 2 aromatic heterocycles. The molecule has 21 heavy (non-hydrogen) atoms. The Morgan fingerprint density at radius 1 is 1.19 bits per heavy atom. The maximum atomic E-state index is 4.54. The molecule has 0 saturated heterocycles. The quantitative estimate of drug-likeness (QED) is 0.768. The Bertz CT molecular complexity index is 746. The van der Waals surface area contributed by atoms with Crippen molar-refractivity contribution >= 4 is 22.9 Å². The van der Waals surface area contributed by atoms with E-state index in [1.165, 1.54) is 11.1 Å². The van der Waals surface area contributed by atoms with Gasteiger partial charge in [-0.2, -0.15) is 9.97 Å². The monoisotopic (exact) mass is 282 g/mol. The van der Waals surface area contributed by atoms with E-state index in [2.05, 4.69) is 61.3 Å². The van der Waals surface area contributed by atoms with Gasteiger partial charge in [-0.3, -0.25) is 0 Å². The highest BCUT2D eigenvalue weighted by Gasteiger charge is 2.13. The zero-order chi connectivity index (χ0) is 14.8. The Balaban J connectivity index is 1.94. The molecule has 0 radical (unpaired) electrons. The molecule has 6 nitrogen and oxygen atoms in total. The van der Waals surface area contributed by atoms with Crippen molar-refractivity contribution in [1.29, 1.82) is 0 Å². The van der Waals surface area contributed by atoms with E-state index in [-0.39, 0.29) is 0 Å². The number of imidazole rings is 1. The summed E-state index contributed by atoms with van der Waals surface area (Å²) in [5.74, 6) is 1.41. The van der Waals surface area contributed by atoms with E-state index in [9.17, 15) is 0 Å². The Labute approximate surface area is 123 Å². The van der Waals surface area contributed by atoms with Crippen LogP contribution in [0.5, 0.6) is 0 Å². The van der Waals surface area contributed by atoms with Gasteiger partial charge >= 0.3 is 0 Å². The van der Waals surface area contributed by atoms with Crippen LogP contribution in [0.1, 0.15) is 11.1 Å². The molecular weight excluding hydrogens is 264 g/mol. The molecule has 0 spiro atoms. The van der Waals surface area contributed by atoms with Crippen LogP contribution in [-0.2, 0) is 6.54 Å². The van der Waals surface area contributed by atoms with Crippen LogP contribution in [0.2, 0.25) is 0 Å². The largest absolute Gasteiger partial charge is 0.357 e. The highest BCUT2D eigenvalue weighted by Crippen LogP contribution is 2.23. The smallest absolute Gasteiger partial charge is 0.226 e. The van der Waals surface area contributed by atoms with Crippen molar-refractivity contribution in [2.45, 2.75) is 13.5 Å². The number of aromatic amines is 1. The van der Waals surface area contributed by atoms with Gasteiger partial charge in [0.25, 0.3) is 0 Å².